The number of nitrogens with zero attached hydrogens (tertiary/aromatic N) is 1. The maximum Gasteiger partial charge on any atom is 0.341 e. The molecule has 0 spiro atoms. The standard InChI is InChI=1S/C14H12ClI2NO2/c1-4-20-14(19)8-5-18-13-7(3)6(2)11(16)12(17)9(13)10(8)15/h5H,4H2,1-3H3. The molecule has 20 heavy (non-hydrogen) atoms. The third kappa shape index (κ3) is 2.64. The largest absolute Gasteiger partial charge is 0.462 e. The molecule has 0 saturated carbocycles. The van der Waals surface area contributed by atoms with Crippen molar-refractivity contribution in [2.75, 3.05) is 6.61 Å². The van der Waals surface area contributed by atoms with Crippen molar-refractivity contribution >= 4 is 73.7 Å². The molecular formula is C14H12ClI2NO2. The normalized spacial score (nSPS) is 10.9. The molecule has 2 rings (SSSR count). The second-order valence-electron chi connectivity index (χ2n) is 4.31. The van der Waals surface area contributed by atoms with Gasteiger partial charge < -0.3 is 4.74 Å². The van der Waals surface area contributed by atoms with Gasteiger partial charge in [-0.3, -0.25) is 4.98 Å². The fourth-order valence-corrected chi connectivity index (χ4v) is 4.01. The van der Waals surface area contributed by atoms with E-state index < -0.39 is 5.97 Å². The van der Waals surface area contributed by atoms with Crippen molar-refractivity contribution in [3.8, 4) is 0 Å². The Balaban J connectivity index is 2.83. The summed E-state index contributed by atoms with van der Waals surface area (Å²) in [4.78, 5) is 16.3. The number of esters is 1. The van der Waals surface area contributed by atoms with Crippen molar-refractivity contribution in [1.29, 1.82) is 0 Å². The molecule has 1 heterocycles. The van der Waals surface area contributed by atoms with Gasteiger partial charge in [-0.15, -0.1) is 0 Å². The highest BCUT2D eigenvalue weighted by molar-refractivity contribution is 14.1. The van der Waals surface area contributed by atoms with Gasteiger partial charge in [-0.05, 0) is 77.1 Å². The van der Waals surface area contributed by atoms with E-state index >= 15 is 0 Å². The summed E-state index contributed by atoms with van der Waals surface area (Å²) in [6.07, 6.45) is 1.50. The van der Waals surface area contributed by atoms with Crippen LogP contribution in [0.1, 0.15) is 28.4 Å². The van der Waals surface area contributed by atoms with Gasteiger partial charge in [0.15, 0.2) is 0 Å². The Morgan fingerprint density at radius 3 is 2.55 bits per heavy atom. The number of hydrogen-bond acceptors (Lipinski definition) is 3. The summed E-state index contributed by atoms with van der Waals surface area (Å²) in [6, 6.07) is 0. The van der Waals surface area contributed by atoms with Crippen molar-refractivity contribution < 1.29 is 9.53 Å². The van der Waals surface area contributed by atoms with Gasteiger partial charge in [0.2, 0.25) is 0 Å². The third-order valence-electron chi connectivity index (χ3n) is 3.17. The number of halogens is 3. The highest BCUT2D eigenvalue weighted by Gasteiger charge is 2.20. The Morgan fingerprint density at radius 2 is 1.95 bits per heavy atom. The lowest BCUT2D eigenvalue weighted by Gasteiger charge is -2.14. The molecule has 1 aromatic carbocycles. The van der Waals surface area contributed by atoms with Crippen LogP contribution in [0.15, 0.2) is 6.20 Å². The fraction of sp³-hybridized carbons (Fsp3) is 0.286. The number of benzene rings is 1. The maximum atomic E-state index is 11.9. The van der Waals surface area contributed by atoms with E-state index in [-0.39, 0.29) is 0 Å². The number of carbonyl (C=O) groups is 1. The number of rotatable bonds is 2. The monoisotopic (exact) mass is 515 g/mol. The number of hydrogen-bond donors (Lipinski definition) is 0. The van der Waals surface area contributed by atoms with Gasteiger partial charge in [0.25, 0.3) is 0 Å². The number of carbonyl (C=O) groups excluding carboxylic acids is 1. The number of ether oxygens (including phenoxy) is 1. The van der Waals surface area contributed by atoms with Crippen LogP contribution in [0.2, 0.25) is 5.02 Å². The second-order valence-corrected chi connectivity index (χ2v) is 6.84. The van der Waals surface area contributed by atoms with Crippen LogP contribution in [0, 0.1) is 21.0 Å². The predicted molar refractivity (Wildman–Crippen MR) is 97.6 cm³/mol. The summed E-state index contributed by atoms with van der Waals surface area (Å²) in [7, 11) is 0. The van der Waals surface area contributed by atoms with E-state index in [1.807, 2.05) is 6.92 Å². The zero-order valence-corrected chi connectivity index (χ0v) is 16.3. The fourth-order valence-electron chi connectivity index (χ4n) is 1.94. The van der Waals surface area contributed by atoms with E-state index in [2.05, 4.69) is 57.1 Å². The zero-order chi connectivity index (χ0) is 15.0. The van der Waals surface area contributed by atoms with Crippen molar-refractivity contribution in [1.82, 2.24) is 4.98 Å². The van der Waals surface area contributed by atoms with Gasteiger partial charge in [0.05, 0.1) is 22.7 Å². The van der Waals surface area contributed by atoms with Crippen molar-refractivity contribution in [2.45, 2.75) is 20.8 Å². The van der Waals surface area contributed by atoms with E-state index in [0.717, 1.165) is 23.6 Å². The second kappa shape index (κ2) is 6.31. The lowest BCUT2D eigenvalue weighted by Crippen LogP contribution is -2.07. The first kappa shape index (κ1) is 16.2. The number of aryl methyl sites for hydroxylation is 1. The maximum absolute atomic E-state index is 11.9. The molecule has 3 nitrogen and oxygen atoms in total. The predicted octanol–water partition coefficient (Wildman–Crippen LogP) is 4.89. The first-order chi connectivity index (χ1) is 9.40. The summed E-state index contributed by atoms with van der Waals surface area (Å²) in [6.45, 7) is 6.16. The Morgan fingerprint density at radius 1 is 1.30 bits per heavy atom. The van der Waals surface area contributed by atoms with Gasteiger partial charge in [0.1, 0.15) is 0 Å². The van der Waals surface area contributed by atoms with Gasteiger partial charge in [-0.2, -0.15) is 0 Å². The van der Waals surface area contributed by atoms with Crippen molar-refractivity contribution in [3.05, 3.63) is 35.1 Å². The van der Waals surface area contributed by atoms with Gasteiger partial charge in [-0.25, -0.2) is 4.79 Å². The first-order valence-electron chi connectivity index (χ1n) is 5.99. The minimum atomic E-state index is -0.434. The smallest absolute Gasteiger partial charge is 0.341 e. The molecule has 0 fully saturated rings. The Labute approximate surface area is 149 Å². The summed E-state index contributed by atoms with van der Waals surface area (Å²) in [5.41, 5.74) is 3.43. The topological polar surface area (TPSA) is 39.2 Å². The average Bonchev–Trinajstić information content (AvgIpc) is 2.42. The minimum Gasteiger partial charge on any atom is -0.462 e. The number of aromatic nitrogens is 1. The molecule has 0 aliphatic carbocycles. The number of fused-ring (bicyclic) bond motifs is 1. The molecule has 0 unspecified atom stereocenters. The lowest BCUT2D eigenvalue weighted by atomic mass is 10.0. The molecule has 1 aromatic heterocycles. The summed E-state index contributed by atoms with van der Waals surface area (Å²) in [5.74, 6) is -0.434. The molecule has 2 aromatic rings. The molecule has 0 N–H and O–H groups in total. The van der Waals surface area contributed by atoms with E-state index in [1.54, 1.807) is 6.92 Å². The van der Waals surface area contributed by atoms with E-state index in [4.69, 9.17) is 16.3 Å². The van der Waals surface area contributed by atoms with Crippen LogP contribution in [0.5, 0.6) is 0 Å². The van der Waals surface area contributed by atoms with Gasteiger partial charge in [0, 0.05) is 18.7 Å². The van der Waals surface area contributed by atoms with Crippen LogP contribution in [0.25, 0.3) is 10.9 Å². The molecule has 0 saturated heterocycles. The van der Waals surface area contributed by atoms with Crippen LogP contribution >= 0.6 is 56.8 Å². The Hall–Kier alpha value is -0.150. The Kier molecular flexibility index (Phi) is 5.12. The molecule has 106 valence electrons. The van der Waals surface area contributed by atoms with E-state index in [9.17, 15) is 4.79 Å². The van der Waals surface area contributed by atoms with E-state index in [1.165, 1.54) is 11.8 Å². The molecule has 0 radical (unpaired) electrons. The first-order valence-corrected chi connectivity index (χ1v) is 8.53. The summed E-state index contributed by atoms with van der Waals surface area (Å²) < 4.78 is 7.17. The van der Waals surface area contributed by atoms with E-state index in [0.29, 0.717) is 17.2 Å². The van der Waals surface area contributed by atoms with Crippen molar-refractivity contribution in [2.24, 2.45) is 0 Å². The molecule has 6 heteroatoms. The SMILES string of the molecule is CCOC(=O)c1cnc2c(C)c(C)c(I)c(I)c2c1Cl. The van der Waals surface area contributed by atoms with Crippen LogP contribution in [0.4, 0.5) is 0 Å². The van der Waals surface area contributed by atoms with Crippen LogP contribution < -0.4 is 0 Å². The third-order valence-corrected chi connectivity index (χ3v) is 7.02. The number of pyridine rings is 1. The highest BCUT2D eigenvalue weighted by Crippen LogP contribution is 2.36. The average molecular weight is 516 g/mol. The van der Waals surface area contributed by atoms with Gasteiger partial charge in [-0.1, -0.05) is 11.6 Å². The molecule has 0 amide bonds. The molecule has 0 aliphatic heterocycles. The zero-order valence-electron chi connectivity index (χ0n) is 11.2. The lowest BCUT2D eigenvalue weighted by molar-refractivity contribution is 0.0526. The Bertz CT molecular complexity index is 716. The minimum absolute atomic E-state index is 0.314. The van der Waals surface area contributed by atoms with Gasteiger partial charge >= 0.3 is 5.97 Å². The molecule has 0 bridgehead atoms. The highest BCUT2D eigenvalue weighted by atomic mass is 127. The van der Waals surface area contributed by atoms with Crippen LogP contribution in [-0.2, 0) is 4.74 Å². The van der Waals surface area contributed by atoms with Crippen LogP contribution in [-0.4, -0.2) is 17.6 Å². The summed E-state index contributed by atoms with van der Waals surface area (Å²) >= 11 is 11.0. The quantitative estimate of drug-likeness (QED) is 0.423. The molecular weight excluding hydrogens is 503 g/mol. The molecule has 0 atom stereocenters. The van der Waals surface area contributed by atoms with Crippen LogP contribution in [0.3, 0.4) is 0 Å². The van der Waals surface area contributed by atoms with Crippen molar-refractivity contribution in [3.63, 3.8) is 0 Å². The molecule has 0 aliphatic rings. The summed E-state index contributed by atoms with van der Waals surface area (Å²) in [5, 5.41) is 1.24.